The summed E-state index contributed by atoms with van der Waals surface area (Å²) >= 11 is 0. The predicted molar refractivity (Wildman–Crippen MR) is 89.5 cm³/mol. The second-order valence-electron chi connectivity index (χ2n) is 7.41. The molecule has 2 amide bonds. The number of hydrogen-bond acceptors (Lipinski definition) is 3. The van der Waals surface area contributed by atoms with E-state index in [0.29, 0.717) is 12.1 Å². The van der Waals surface area contributed by atoms with Crippen molar-refractivity contribution in [3.05, 3.63) is 47.4 Å². The van der Waals surface area contributed by atoms with E-state index in [1.54, 1.807) is 12.1 Å². The summed E-state index contributed by atoms with van der Waals surface area (Å²) in [4.78, 5) is 37.1. The lowest BCUT2D eigenvalue weighted by Gasteiger charge is -2.38. The Bertz CT molecular complexity index is 752. The molecule has 1 aliphatic carbocycles. The van der Waals surface area contributed by atoms with Crippen LogP contribution < -0.4 is 10.6 Å². The Morgan fingerprint density at radius 2 is 1.96 bits per heavy atom. The summed E-state index contributed by atoms with van der Waals surface area (Å²) in [6.45, 7) is 4.08. The molecule has 1 heterocycles. The summed E-state index contributed by atoms with van der Waals surface area (Å²) in [7, 11) is 0. The van der Waals surface area contributed by atoms with Gasteiger partial charge in [-0.3, -0.25) is 14.4 Å². The van der Waals surface area contributed by atoms with Crippen LogP contribution in [-0.2, 0) is 20.9 Å². The third kappa shape index (κ3) is 3.78. The summed E-state index contributed by atoms with van der Waals surface area (Å²) in [5, 5.41) is 5.51. The monoisotopic (exact) mass is 344 g/mol. The van der Waals surface area contributed by atoms with E-state index in [2.05, 4.69) is 10.6 Å². The minimum Gasteiger partial charge on any atom is -0.352 e. The lowest BCUT2D eigenvalue weighted by molar-refractivity contribution is -0.139. The zero-order valence-corrected chi connectivity index (χ0v) is 14.3. The number of hydrogen-bond donors (Lipinski definition) is 2. The molecule has 0 bridgehead atoms. The van der Waals surface area contributed by atoms with Crippen molar-refractivity contribution < 1.29 is 18.8 Å². The molecule has 1 aromatic rings. The number of rotatable bonds is 3. The number of nitrogens with one attached hydrogen (secondary N) is 2. The van der Waals surface area contributed by atoms with Crippen LogP contribution in [0.3, 0.4) is 0 Å². The van der Waals surface area contributed by atoms with E-state index in [0.717, 1.165) is 5.56 Å². The number of carbonyl (C=O) groups is 3. The minimum absolute atomic E-state index is 0.0105. The Hall–Kier alpha value is -2.50. The fourth-order valence-electron chi connectivity index (χ4n) is 3.55. The van der Waals surface area contributed by atoms with Crippen molar-refractivity contribution >= 4 is 17.6 Å². The van der Waals surface area contributed by atoms with Gasteiger partial charge in [0.2, 0.25) is 11.8 Å². The number of piperidine rings is 1. The smallest absolute Gasteiger partial charge is 0.225 e. The van der Waals surface area contributed by atoms with Gasteiger partial charge in [0.05, 0.1) is 11.8 Å². The molecule has 1 aromatic carbocycles. The van der Waals surface area contributed by atoms with Gasteiger partial charge >= 0.3 is 0 Å². The molecule has 5 nitrogen and oxygen atoms in total. The lowest BCUT2D eigenvalue weighted by Crippen LogP contribution is -2.50. The number of fused-ring (bicyclic) bond motifs is 1. The van der Waals surface area contributed by atoms with Crippen LogP contribution in [-0.4, -0.2) is 17.6 Å². The summed E-state index contributed by atoms with van der Waals surface area (Å²) < 4.78 is 12.9. The van der Waals surface area contributed by atoms with Gasteiger partial charge in [0, 0.05) is 25.1 Å². The van der Waals surface area contributed by atoms with Gasteiger partial charge in [0.1, 0.15) is 11.6 Å². The summed E-state index contributed by atoms with van der Waals surface area (Å²) in [5.41, 5.74) is 0.962. The second kappa shape index (κ2) is 6.43. The fourth-order valence-corrected chi connectivity index (χ4v) is 3.55. The average Bonchev–Trinajstić information content (AvgIpc) is 2.51. The number of benzene rings is 1. The highest BCUT2D eigenvalue weighted by molar-refractivity contribution is 5.97. The van der Waals surface area contributed by atoms with Crippen molar-refractivity contribution in [2.24, 2.45) is 17.3 Å². The van der Waals surface area contributed by atoms with Crippen molar-refractivity contribution in [1.82, 2.24) is 10.6 Å². The highest BCUT2D eigenvalue weighted by Gasteiger charge is 2.45. The number of amides is 2. The van der Waals surface area contributed by atoms with Gasteiger partial charge in [-0.2, -0.15) is 0 Å². The molecule has 0 saturated carbocycles. The van der Waals surface area contributed by atoms with Crippen molar-refractivity contribution in [1.29, 1.82) is 0 Å². The summed E-state index contributed by atoms with van der Waals surface area (Å²) in [6.07, 6.45) is 2.22. The minimum atomic E-state index is -0.705. The SMILES string of the molecule is CC1(C)C=C2NC(=O)C[C@@H](C(=O)NCc3ccc(F)cc3)[C@H]2C(=O)C1. The van der Waals surface area contributed by atoms with Gasteiger partial charge in [-0.05, 0) is 23.1 Å². The van der Waals surface area contributed by atoms with E-state index >= 15 is 0 Å². The van der Waals surface area contributed by atoms with Crippen LogP contribution in [0.5, 0.6) is 0 Å². The van der Waals surface area contributed by atoms with Crippen molar-refractivity contribution in [2.75, 3.05) is 0 Å². The molecule has 0 aromatic heterocycles. The molecule has 6 heteroatoms. The van der Waals surface area contributed by atoms with Gasteiger partial charge in [-0.25, -0.2) is 4.39 Å². The Balaban J connectivity index is 1.75. The third-order valence-corrected chi connectivity index (χ3v) is 4.67. The Morgan fingerprint density at radius 3 is 2.64 bits per heavy atom. The maximum absolute atomic E-state index is 12.9. The van der Waals surface area contributed by atoms with Crippen LogP contribution in [0.25, 0.3) is 0 Å². The zero-order valence-electron chi connectivity index (χ0n) is 14.3. The molecular formula is C19H21FN2O3. The molecule has 2 aliphatic rings. The van der Waals surface area contributed by atoms with E-state index < -0.39 is 11.8 Å². The average molecular weight is 344 g/mol. The first kappa shape index (κ1) is 17.3. The van der Waals surface area contributed by atoms with E-state index in [1.165, 1.54) is 12.1 Å². The highest BCUT2D eigenvalue weighted by Crippen LogP contribution is 2.39. The topological polar surface area (TPSA) is 75.3 Å². The summed E-state index contributed by atoms with van der Waals surface area (Å²) in [6, 6.07) is 5.82. The van der Waals surface area contributed by atoms with Gasteiger partial charge in [-0.15, -0.1) is 0 Å². The van der Waals surface area contributed by atoms with Crippen LogP contribution in [0.15, 0.2) is 36.0 Å². The van der Waals surface area contributed by atoms with E-state index in [4.69, 9.17) is 0 Å². The van der Waals surface area contributed by atoms with Gasteiger partial charge < -0.3 is 10.6 Å². The van der Waals surface area contributed by atoms with Crippen molar-refractivity contribution in [3.8, 4) is 0 Å². The van der Waals surface area contributed by atoms with Crippen molar-refractivity contribution in [3.63, 3.8) is 0 Å². The van der Waals surface area contributed by atoms with Crippen LogP contribution in [0.4, 0.5) is 4.39 Å². The van der Waals surface area contributed by atoms with Crippen LogP contribution in [0.2, 0.25) is 0 Å². The van der Waals surface area contributed by atoms with Crippen molar-refractivity contribution in [2.45, 2.75) is 33.2 Å². The number of ketones is 1. The van der Waals surface area contributed by atoms with Crippen LogP contribution >= 0.6 is 0 Å². The van der Waals surface area contributed by atoms with E-state index in [-0.39, 0.29) is 41.8 Å². The van der Waals surface area contributed by atoms with Gasteiger partial charge in [-0.1, -0.05) is 32.1 Å². The number of allylic oxidation sites excluding steroid dienone is 2. The largest absolute Gasteiger partial charge is 0.352 e. The first-order chi connectivity index (χ1) is 11.7. The Morgan fingerprint density at radius 1 is 1.28 bits per heavy atom. The Labute approximate surface area is 145 Å². The molecule has 0 radical (unpaired) electrons. The number of halogens is 1. The second-order valence-corrected chi connectivity index (χ2v) is 7.41. The molecule has 2 N–H and O–H groups in total. The molecule has 1 saturated heterocycles. The van der Waals surface area contributed by atoms with Crippen LogP contribution in [0, 0.1) is 23.1 Å². The van der Waals surface area contributed by atoms with E-state index in [1.807, 2.05) is 19.9 Å². The molecule has 2 atom stereocenters. The molecule has 0 spiro atoms. The molecule has 3 rings (SSSR count). The lowest BCUT2D eigenvalue weighted by atomic mass is 9.69. The first-order valence-corrected chi connectivity index (χ1v) is 8.33. The first-order valence-electron chi connectivity index (χ1n) is 8.33. The van der Waals surface area contributed by atoms with E-state index in [9.17, 15) is 18.8 Å². The molecule has 1 fully saturated rings. The van der Waals surface area contributed by atoms with Gasteiger partial charge in [0.15, 0.2) is 0 Å². The quantitative estimate of drug-likeness (QED) is 0.881. The maximum Gasteiger partial charge on any atom is 0.225 e. The molecule has 25 heavy (non-hydrogen) atoms. The van der Waals surface area contributed by atoms with Crippen LogP contribution in [0.1, 0.15) is 32.3 Å². The molecule has 132 valence electrons. The Kier molecular flexibility index (Phi) is 4.45. The highest BCUT2D eigenvalue weighted by atomic mass is 19.1. The predicted octanol–water partition coefficient (Wildman–Crippen LogP) is 2.08. The number of carbonyl (C=O) groups excluding carboxylic acids is 3. The number of Topliss-reactive ketones (excluding diaryl/α,β-unsaturated/α-hetero) is 1. The standard InChI is InChI=1S/C19H21FN2O3/c1-19(2)8-14-17(15(23)9-19)13(7-16(24)22-14)18(25)21-10-11-3-5-12(20)6-4-11/h3-6,8,13,17H,7,9-10H2,1-2H3,(H,21,25)(H,22,24)/t13-,17-/m1/s1. The summed E-state index contributed by atoms with van der Waals surface area (Å²) in [5.74, 6) is -2.25. The van der Waals surface area contributed by atoms with Gasteiger partial charge in [0.25, 0.3) is 0 Å². The molecular weight excluding hydrogens is 323 g/mol. The maximum atomic E-state index is 12.9. The third-order valence-electron chi connectivity index (χ3n) is 4.67. The molecule has 0 unspecified atom stereocenters. The fraction of sp³-hybridized carbons (Fsp3) is 0.421. The normalized spacial score (nSPS) is 24.8. The zero-order chi connectivity index (χ0) is 18.2. The molecule has 1 aliphatic heterocycles.